The standard InChI is InChI=1S/C21H31NO6/c1-12(23)22-16-17(24)18-15(11-25-21(5,6)28-18)27-19(16)26-14-9-7-13(8-10-14)20(2,3)4/h7-10,15-19,24H,11H2,1-6H3,(H,22,23)/t15-,16-,17-,18+,19+/m1/s1. The van der Waals surface area contributed by atoms with E-state index in [1.54, 1.807) is 13.8 Å². The highest BCUT2D eigenvalue weighted by molar-refractivity contribution is 5.73. The number of fused-ring (bicyclic) bond motifs is 1. The Morgan fingerprint density at radius 1 is 1.25 bits per heavy atom. The van der Waals surface area contributed by atoms with E-state index in [1.807, 2.05) is 24.3 Å². The molecule has 0 radical (unpaired) electrons. The number of carbonyl (C=O) groups excluding carboxylic acids is 1. The van der Waals surface area contributed by atoms with E-state index >= 15 is 0 Å². The highest BCUT2D eigenvalue weighted by atomic mass is 16.8. The monoisotopic (exact) mass is 393 g/mol. The second kappa shape index (κ2) is 7.63. The van der Waals surface area contributed by atoms with Crippen molar-refractivity contribution in [1.82, 2.24) is 5.32 Å². The molecule has 5 atom stereocenters. The van der Waals surface area contributed by atoms with E-state index in [4.69, 9.17) is 18.9 Å². The number of hydrogen-bond donors (Lipinski definition) is 2. The molecule has 2 saturated heterocycles. The predicted molar refractivity (Wildman–Crippen MR) is 103 cm³/mol. The van der Waals surface area contributed by atoms with Crippen molar-refractivity contribution in [3.63, 3.8) is 0 Å². The number of nitrogens with one attached hydrogen (secondary N) is 1. The lowest BCUT2D eigenvalue weighted by molar-refractivity contribution is -0.361. The number of carbonyl (C=O) groups is 1. The zero-order chi connectivity index (χ0) is 20.7. The first-order valence-electron chi connectivity index (χ1n) is 9.66. The van der Waals surface area contributed by atoms with Crippen molar-refractivity contribution in [1.29, 1.82) is 0 Å². The van der Waals surface area contributed by atoms with Crippen molar-refractivity contribution >= 4 is 5.91 Å². The summed E-state index contributed by atoms with van der Waals surface area (Å²) in [5, 5.41) is 13.6. The molecule has 0 aromatic heterocycles. The van der Waals surface area contributed by atoms with Gasteiger partial charge in [0.05, 0.1) is 6.61 Å². The third-order valence-electron chi connectivity index (χ3n) is 5.03. The van der Waals surface area contributed by atoms with Crippen molar-refractivity contribution in [2.75, 3.05) is 6.61 Å². The summed E-state index contributed by atoms with van der Waals surface area (Å²) in [6, 6.07) is 6.96. The molecule has 156 valence electrons. The largest absolute Gasteiger partial charge is 0.463 e. The fourth-order valence-electron chi connectivity index (χ4n) is 3.50. The van der Waals surface area contributed by atoms with Crippen molar-refractivity contribution < 1.29 is 28.8 Å². The molecule has 2 fully saturated rings. The summed E-state index contributed by atoms with van der Waals surface area (Å²) >= 11 is 0. The molecule has 0 spiro atoms. The minimum Gasteiger partial charge on any atom is -0.463 e. The predicted octanol–water partition coefficient (Wildman–Crippen LogP) is 2.10. The van der Waals surface area contributed by atoms with Gasteiger partial charge in [0.2, 0.25) is 12.2 Å². The SMILES string of the molecule is CC(=O)N[C@H]1[C@@H](Oc2ccc(C(C)(C)C)cc2)O[C@@H]2COC(C)(C)O[C@@H]2[C@@H]1O. The Kier molecular flexibility index (Phi) is 5.74. The number of amides is 1. The van der Waals surface area contributed by atoms with Crippen LogP contribution in [0.3, 0.4) is 0 Å². The lowest BCUT2D eigenvalue weighted by Gasteiger charge is -2.49. The third kappa shape index (κ3) is 4.66. The summed E-state index contributed by atoms with van der Waals surface area (Å²) in [6.07, 6.45) is -2.98. The Morgan fingerprint density at radius 3 is 2.46 bits per heavy atom. The van der Waals surface area contributed by atoms with Gasteiger partial charge >= 0.3 is 0 Å². The lowest BCUT2D eigenvalue weighted by Crippen LogP contribution is -2.69. The van der Waals surface area contributed by atoms with E-state index in [0.29, 0.717) is 5.75 Å². The number of rotatable bonds is 3. The number of ether oxygens (including phenoxy) is 4. The highest BCUT2D eigenvalue weighted by Gasteiger charge is 2.52. The fraction of sp³-hybridized carbons (Fsp3) is 0.667. The van der Waals surface area contributed by atoms with Gasteiger partial charge in [-0.25, -0.2) is 0 Å². The molecule has 1 amide bonds. The quantitative estimate of drug-likeness (QED) is 0.818. The smallest absolute Gasteiger partial charge is 0.223 e. The van der Waals surface area contributed by atoms with Crippen LogP contribution >= 0.6 is 0 Å². The van der Waals surface area contributed by atoms with Gasteiger partial charge in [0.15, 0.2) is 5.79 Å². The zero-order valence-corrected chi connectivity index (χ0v) is 17.4. The maximum Gasteiger partial charge on any atom is 0.223 e. The lowest BCUT2D eigenvalue weighted by atomic mass is 9.87. The molecule has 1 aromatic rings. The van der Waals surface area contributed by atoms with Crippen molar-refractivity contribution in [3.8, 4) is 5.75 Å². The second-order valence-corrected chi connectivity index (χ2v) is 8.95. The molecule has 7 heteroatoms. The molecule has 0 saturated carbocycles. The molecule has 1 aromatic carbocycles. The number of aliphatic hydroxyl groups excluding tert-OH is 1. The normalized spacial score (nSPS) is 32.3. The van der Waals surface area contributed by atoms with Gasteiger partial charge in [-0.15, -0.1) is 0 Å². The summed E-state index contributed by atoms with van der Waals surface area (Å²) in [7, 11) is 0. The van der Waals surface area contributed by atoms with E-state index < -0.39 is 36.4 Å². The Labute approximate surface area is 166 Å². The second-order valence-electron chi connectivity index (χ2n) is 8.95. The Bertz CT molecular complexity index is 696. The van der Waals surface area contributed by atoms with Crippen LogP contribution in [0.4, 0.5) is 0 Å². The summed E-state index contributed by atoms with van der Waals surface area (Å²) < 4.78 is 23.5. The van der Waals surface area contributed by atoms with E-state index in [0.717, 1.165) is 0 Å². The van der Waals surface area contributed by atoms with Gasteiger partial charge in [-0.1, -0.05) is 32.9 Å². The maximum absolute atomic E-state index is 11.7. The van der Waals surface area contributed by atoms with Crippen LogP contribution in [0, 0.1) is 0 Å². The van der Waals surface area contributed by atoms with Gasteiger partial charge in [-0.3, -0.25) is 4.79 Å². The van der Waals surface area contributed by atoms with Gasteiger partial charge < -0.3 is 29.4 Å². The minimum atomic E-state index is -0.996. The number of benzene rings is 1. The van der Waals surface area contributed by atoms with E-state index in [1.165, 1.54) is 12.5 Å². The van der Waals surface area contributed by atoms with E-state index in [2.05, 4.69) is 26.1 Å². The van der Waals surface area contributed by atoms with Gasteiger partial charge in [0.25, 0.3) is 0 Å². The van der Waals surface area contributed by atoms with Crippen molar-refractivity contribution in [2.45, 2.75) is 83.4 Å². The van der Waals surface area contributed by atoms with Crippen molar-refractivity contribution in [2.24, 2.45) is 0 Å². The Balaban J connectivity index is 1.79. The summed E-state index contributed by atoms with van der Waals surface area (Å²) in [6.45, 7) is 11.6. The fourth-order valence-corrected chi connectivity index (χ4v) is 3.50. The molecule has 2 aliphatic heterocycles. The van der Waals surface area contributed by atoms with Crippen LogP contribution < -0.4 is 10.1 Å². The molecule has 0 bridgehead atoms. The van der Waals surface area contributed by atoms with Crippen LogP contribution in [0.25, 0.3) is 0 Å². The maximum atomic E-state index is 11.7. The molecule has 2 aliphatic rings. The van der Waals surface area contributed by atoms with Crippen molar-refractivity contribution in [3.05, 3.63) is 29.8 Å². The van der Waals surface area contributed by atoms with Crippen LogP contribution in [-0.4, -0.2) is 54.1 Å². The van der Waals surface area contributed by atoms with Gasteiger partial charge in [-0.2, -0.15) is 0 Å². The minimum absolute atomic E-state index is 0.0333. The Hall–Kier alpha value is -1.67. The van der Waals surface area contributed by atoms with Crippen LogP contribution in [-0.2, 0) is 24.4 Å². The molecule has 2 heterocycles. The number of aliphatic hydroxyl groups is 1. The first kappa shape index (κ1) is 21.0. The summed E-state index contributed by atoms with van der Waals surface area (Å²) in [5.41, 5.74) is 1.21. The van der Waals surface area contributed by atoms with E-state index in [9.17, 15) is 9.90 Å². The van der Waals surface area contributed by atoms with Gasteiger partial charge in [-0.05, 0) is 37.0 Å². The summed E-state index contributed by atoms with van der Waals surface area (Å²) in [5.74, 6) is -0.519. The first-order chi connectivity index (χ1) is 13.0. The molecule has 28 heavy (non-hydrogen) atoms. The van der Waals surface area contributed by atoms with E-state index in [-0.39, 0.29) is 17.9 Å². The molecule has 3 rings (SSSR count). The molecule has 0 aliphatic carbocycles. The van der Waals surface area contributed by atoms with Crippen LogP contribution in [0.5, 0.6) is 5.75 Å². The van der Waals surface area contributed by atoms with Crippen LogP contribution in [0.1, 0.15) is 47.1 Å². The van der Waals surface area contributed by atoms with Gasteiger partial charge in [0, 0.05) is 6.92 Å². The van der Waals surface area contributed by atoms with Crippen LogP contribution in [0.2, 0.25) is 0 Å². The zero-order valence-electron chi connectivity index (χ0n) is 17.4. The molecule has 0 unspecified atom stereocenters. The van der Waals surface area contributed by atoms with Gasteiger partial charge in [0.1, 0.15) is 30.1 Å². The third-order valence-corrected chi connectivity index (χ3v) is 5.03. The topological polar surface area (TPSA) is 86.3 Å². The highest BCUT2D eigenvalue weighted by Crippen LogP contribution is 2.33. The summed E-state index contributed by atoms with van der Waals surface area (Å²) in [4.78, 5) is 11.7. The molecular weight excluding hydrogens is 362 g/mol. The Morgan fingerprint density at radius 2 is 1.89 bits per heavy atom. The average molecular weight is 393 g/mol. The average Bonchev–Trinajstić information content (AvgIpc) is 2.58. The first-order valence-corrected chi connectivity index (χ1v) is 9.66. The number of hydrogen-bond acceptors (Lipinski definition) is 6. The van der Waals surface area contributed by atoms with Crippen LogP contribution in [0.15, 0.2) is 24.3 Å². The molecule has 2 N–H and O–H groups in total. The molecule has 7 nitrogen and oxygen atoms in total. The molecular formula is C21H31NO6.